The molecule has 0 atom stereocenters. The van der Waals surface area contributed by atoms with E-state index in [0.717, 1.165) is 48.5 Å². The molecule has 1 aliphatic rings. The van der Waals surface area contributed by atoms with Gasteiger partial charge >= 0.3 is 0 Å². The van der Waals surface area contributed by atoms with Crippen molar-refractivity contribution in [3.8, 4) is 22.5 Å². The van der Waals surface area contributed by atoms with Gasteiger partial charge in [-0.2, -0.15) is 0 Å². The zero-order chi connectivity index (χ0) is 19.8. The monoisotopic (exact) mass is 387 g/mol. The maximum absolute atomic E-state index is 13.3. The number of para-hydroxylation sites is 1. The van der Waals surface area contributed by atoms with Crippen LogP contribution in [-0.2, 0) is 0 Å². The van der Waals surface area contributed by atoms with Crippen molar-refractivity contribution < 1.29 is 4.39 Å². The number of halogens is 1. The van der Waals surface area contributed by atoms with E-state index in [2.05, 4.69) is 35.0 Å². The molecule has 0 saturated carbocycles. The number of hydrogen-bond acceptors (Lipinski definition) is 4. The third-order valence-corrected chi connectivity index (χ3v) is 5.51. The number of likely N-dealkylation sites (N-methyl/N-ethyl adjacent to an activating group) is 1. The van der Waals surface area contributed by atoms with Crippen molar-refractivity contribution in [2.24, 2.45) is 0 Å². The van der Waals surface area contributed by atoms with Gasteiger partial charge in [0, 0.05) is 49.2 Å². The van der Waals surface area contributed by atoms with Crippen LogP contribution in [0.25, 0.3) is 28.2 Å². The van der Waals surface area contributed by atoms with E-state index >= 15 is 0 Å². The van der Waals surface area contributed by atoms with Gasteiger partial charge in [-0.15, -0.1) is 5.10 Å². The molecular formula is C23H22FN5. The van der Waals surface area contributed by atoms with Crippen molar-refractivity contribution in [2.45, 2.75) is 0 Å². The highest BCUT2D eigenvalue weighted by Gasteiger charge is 2.20. The first-order valence-corrected chi connectivity index (χ1v) is 9.83. The fourth-order valence-electron chi connectivity index (χ4n) is 3.86. The molecule has 1 saturated heterocycles. The number of fused-ring (bicyclic) bond motifs is 1. The summed E-state index contributed by atoms with van der Waals surface area (Å²) >= 11 is 0. The van der Waals surface area contributed by atoms with Gasteiger partial charge in [-0.05, 0) is 49.0 Å². The Kier molecular flexibility index (Phi) is 4.48. The Morgan fingerprint density at radius 3 is 2.34 bits per heavy atom. The summed E-state index contributed by atoms with van der Waals surface area (Å²) in [4.78, 5) is 9.62. The molecule has 29 heavy (non-hydrogen) atoms. The fourth-order valence-corrected chi connectivity index (χ4v) is 3.86. The van der Waals surface area contributed by atoms with Crippen molar-refractivity contribution in [2.75, 3.05) is 38.1 Å². The van der Waals surface area contributed by atoms with E-state index in [9.17, 15) is 4.39 Å². The molecule has 0 bridgehead atoms. The Bertz CT molecular complexity index is 1140. The van der Waals surface area contributed by atoms with Gasteiger partial charge in [-0.1, -0.05) is 24.3 Å². The summed E-state index contributed by atoms with van der Waals surface area (Å²) in [6, 6.07) is 18.8. The van der Waals surface area contributed by atoms with Crippen molar-refractivity contribution >= 4 is 11.3 Å². The second kappa shape index (κ2) is 7.29. The minimum Gasteiger partial charge on any atom is -0.368 e. The second-order valence-corrected chi connectivity index (χ2v) is 7.44. The normalized spacial score (nSPS) is 15.2. The molecular weight excluding hydrogens is 365 g/mol. The smallest absolute Gasteiger partial charge is 0.184 e. The van der Waals surface area contributed by atoms with Gasteiger partial charge in [0.1, 0.15) is 5.82 Å². The number of rotatable bonds is 3. The Balaban J connectivity index is 1.59. The lowest BCUT2D eigenvalue weighted by Gasteiger charge is -2.34. The Labute approximate surface area is 169 Å². The summed E-state index contributed by atoms with van der Waals surface area (Å²) in [7, 11) is 2.16. The molecule has 0 aliphatic carbocycles. The molecule has 0 radical (unpaired) electrons. The maximum Gasteiger partial charge on any atom is 0.184 e. The van der Waals surface area contributed by atoms with E-state index in [-0.39, 0.29) is 5.82 Å². The summed E-state index contributed by atoms with van der Waals surface area (Å²) in [5.74, 6) is 0.457. The lowest BCUT2D eigenvalue weighted by molar-refractivity contribution is 0.313. The zero-order valence-electron chi connectivity index (χ0n) is 16.3. The minimum absolute atomic E-state index is 0.246. The predicted molar refractivity (Wildman–Crippen MR) is 114 cm³/mol. The zero-order valence-corrected chi connectivity index (χ0v) is 16.3. The van der Waals surface area contributed by atoms with Crippen molar-refractivity contribution in [3.63, 3.8) is 0 Å². The number of aromatic nitrogens is 3. The summed E-state index contributed by atoms with van der Waals surface area (Å²) in [5, 5.41) is 4.75. The van der Waals surface area contributed by atoms with Crippen LogP contribution in [0.2, 0.25) is 0 Å². The van der Waals surface area contributed by atoms with E-state index in [1.807, 2.05) is 24.4 Å². The quantitative estimate of drug-likeness (QED) is 0.533. The molecule has 2 aromatic heterocycles. The average Bonchev–Trinajstić information content (AvgIpc) is 3.19. The Morgan fingerprint density at radius 2 is 1.55 bits per heavy atom. The Hall–Kier alpha value is -3.25. The lowest BCUT2D eigenvalue weighted by Crippen LogP contribution is -2.44. The van der Waals surface area contributed by atoms with Crippen molar-refractivity contribution in [3.05, 3.63) is 72.7 Å². The molecule has 146 valence electrons. The van der Waals surface area contributed by atoms with E-state index in [4.69, 9.17) is 10.1 Å². The molecule has 1 fully saturated rings. The number of anilines is 1. The summed E-state index contributed by atoms with van der Waals surface area (Å²) in [6.07, 6.45) is 1.90. The lowest BCUT2D eigenvalue weighted by atomic mass is 10.1. The summed E-state index contributed by atoms with van der Waals surface area (Å²) in [5.41, 5.74) is 4.82. The van der Waals surface area contributed by atoms with E-state index in [0.29, 0.717) is 5.82 Å². The van der Waals surface area contributed by atoms with Gasteiger partial charge in [-0.3, -0.25) is 0 Å². The third kappa shape index (κ3) is 3.36. The number of piperazine rings is 1. The first-order valence-electron chi connectivity index (χ1n) is 9.83. The number of nitrogens with zero attached hydrogens (tertiary/aromatic N) is 5. The van der Waals surface area contributed by atoms with Crippen LogP contribution in [0.1, 0.15) is 0 Å². The summed E-state index contributed by atoms with van der Waals surface area (Å²) < 4.78 is 15.1. The predicted octanol–water partition coefficient (Wildman–Crippen LogP) is 3.95. The highest BCUT2D eigenvalue weighted by molar-refractivity contribution is 5.81. The van der Waals surface area contributed by atoms with Gasteiger partial charge in [0.25, 0.3) is 0 Å². The van der Waals surface area contributed by atoms with Crippen LogP contribution in [0.3, 0.4) is 0 Å². The third-order valence-electron chi connectivity index (χ3n) is 5.51. The standard InChI is InChI=1S/C23H22FN5/c1-27-13-15-28(16-14-27)21-7-3-2-5-20(21)22-25-23-19(6-4-12-29(23)26-22)17-8-10-18(24)11-9-17/h2-12H,13-16H2,1H3. The minimum atomic E-state index is -0.246. The maximum atomic E-state index is 13.3. The van der Waals surface area contributed by atoms with E-state index in [1.54, 1.807) is 16.6 Å². The van der Waals surface area contributed by atoms with Gasteiger partial charge in [0.15, 0.2) is 11.5 Å². The average molecular weight is 387 g/mol. The van der Waals surface area contributed by atoms with Crippen molar-refractivity contribution in [1.82, 2.24) is 19.5 Å². The largest absolute Gasteiger partial charge is 0.368 e. The van der Waals surface area contributed by atoms with Crippen LogP contribution in [0.4, 0.5) is 10.1 Å². The van der Waals surface area contributed by atoms with Crippen molar-refractivity contribution in [1.29, 1.82) is 0 Å². The molecule has 1 aliphatic heterocycles. The van der Waals surface area contributed by atoms with E-state index < -0.39 is 0 Å². The molecule has 6 heteroatoms. The number of pyridine rings is 1. The number of benzene rings is 2. The summed E-state index contributed by atoms with van der Waals surface area (Å²) in [6.45, 7) is 4.06. The molecule has 4 aromatic rings. The van der Waals surface area contributed by atoms with Crippen LogP contribution in [0.15, 0.2) is 66.9 Å². The first kappa shape index (κ1) is 17.8. The van der Waals surface area contributed by atoms with Gasteiger partial charge in [0.2, 0.25) is 0 Å². The molecule has 3 heterocycles. The Morgan fingerprint density at radius 1 is 0.828 bits per heavy atom. The highest BCUT2D eigenvalue weighted by Crippen LogP contribution is 2.31. The van der Waals surface area contributed by atoms with E-state index in [1.165, 1.54) is 17.8 Å². The topological polar surface area (TPSA) is 36.7 Å². The second-order valence-electron chi connectivity index (χ2n) is 7.44. The van der Waals surface area contributed by atoms with Gasteiger partial charge in [-0.25, -0.2) is 13.9 Å². The van der Waals surface area contributed by atoms with Crippen LogP contribution in [0, 0.1) is 5.82 Å². The first-order chi connectivity index (χ1) is 14.2. The molecule has 5 rings (SSSR count). The van der Waals surface area contributed by atoms with Crippen LogP contribution in [0.5, 0.6) is 0 Å². The van der Waals surface area contributed by atoms with Gasteiger partial charge < -0.3 is 9.80 Å². The molecule has 0 unspecified atom stereocenters. The SMILES string of the molecule is CN1CCN(c2ccccc2-c2nc3c(-c4ccc(F)cc4)cccn3n2)CC1. The number of hydrogen-bond donors (Lipinski definition) is 0. The molecule has 5 nitrogen and oxygen atoms in total. The van der Waals surface area contributed by atoms with Gasteiger partial charge in [0.05, 0.1) is 0 Å². The molecule has 0 N–H and O–H groups in total. The molecule has 0 spiro atoms. The van der Waals surface area contributed by atoms with Crippen LogP contribution in [-0.4, -0.2) is 52.7 Å². The van der Waals surface area contributed by atoms with Crippen LogP contribution >= 0.6 is 0 Å². The molecule has 2 aromatic carbocycles. The van der Waals surface area contributed by atoms with Crippen LogP contribution < -0.4 is 4.90 Å². The highest BCUT2D eigenvalue weighted by atomic mass is 19.1. The fraction of sp³-hybridized carbons (Fsp3) is 0.217. The molecule has 0 amide bonds.